The molecule has 142 valence electrons. The number of rotatable bonds is 9. The summed E-state index contributed by atoms with van der Waals surface area (Å²) in [4.78, 5) is 48.2. The Morgan fingerprint density at radius 2 is 2.04 bits per heavy atom. The van der Waals surface area contributed by atoms with Gasteiger partial charge in [0.25, 0.3) is 0 Å². The van der Waals surface area contributed by atoms with Crippen LogP contribution in [0.2, 0.25) is 0 Å². The Balaban J connectivity index is 2.85. The molecule has 0 bridgehead atoms. The van der Waals surface area contributed by atoms with E-state index in [0.29, 0.717) is 12.2 Å². The predicted molar refractivity (Wildman–Crippen MR) is 90.8 cm³/mol. The fourth-order valence-corrected chi connectivity index (χ4v) is 3.00. The highest BCUT2D eigenvalue weighted by molar-refractivity contribution is 7.98. The van der Waals surface area contributed by atoms with E-state index in [1.165, 1.54) is 16.7 Å². The van der Waals surface area contributed by atoms with Crippen molar-refractivity contribution in [3.05, 3.63) is 0 Å². The summed E-state index contributed by atoms with van der Waals surface area (Å²) >= 11 is 1.50. The third kappa shape index (κ3) is 6.52. The van der Waals surface area contributed by atoms with E-state index in [-0.39, 0.29) is 19.5 Å². The number of nitrogens with zero attached hydrogens (tertiary/aromatic N) is 1. The van der Waals surface area contributed by atoms with Gasteiger partial charge in [0.15, 0.2) is 0 Å². The fraction of sp³-hybridized carbons (Fsp3) is 0.714. The molecule has 11 heteroatoms. The second-order valence-corrected chi connectivity index (χ2v) is 6.60. The Bertz CT molecular complexity index is 518. The van der Waals surface area contributed by atoms with Crippen LogP contribution in [0.5, 0.6) is 0 Å². The van der Waals surface area contributed by atoms with Gasteiger partial charge in [0.05, 0.1) is 12.6 Å². The molecule has 1 aliphatic heterocycles. The molecule has 1 rings (SSSR count). The van der Waals surface area contributed by atoms with Crippen LogP contribution in [-0.4, -0.2) is 88.6 Å². The third-order valence-corrected chi connectivity index (χ3v) is 4.35. The molecule has 0 aromatic carbocycles. The topological polar surface area (TPSA) is 162 Å². The number of hydrogen-bond donors (Lipinski definition) is 5. The zero-order valence-corrected chi connectivity index (χ0v) is 14.8. The van der Waals surface area contributed by atoms with Crippen LogP contribution >= 0.6 is 11.8 Å². The summed E-state index contributed by atoms with van der Waals surface area (Å²) in [6.07, 6.45) is 1.32. The molecule has 0 spiro atoms. The van der Waals surface area contributed by atoms with Crippen LogP contribution in [0.1, 0.15) is 12.8 Å². The van der Waals surface area contributed by atoms with Crippen LogP contribution in [0.3, 0.4) is 0 Å². The van der Waals surface area contributed by atoms with Gasteiger partial charge in [0.1, 0.15) is 18.6 Å². The molecule has 3 atom stereocenters. The Morgan fingerprint density at radius 3 is 2.60 bits per heavy atom. The number of hydrogen-bond acceptors (Lipinski definition) is 7. The molecular formula is C14H24N4O6S. The van der Waals surface area contributed by atoms with Gasteiger partial charge in [-0.2, -0.15) is 11.8 Å². The van der Waals surface area contributed by atoms with Crippen molar-refractivity contribution in [2.24, 2.45) is 5.73 Å². The normalized spacial score (nSPS) is 20.8. The largest absolute Gasteiger partial charge is 0.480 e. The molecule has 25 heavy (non-hydrogen) atoms. The highest BCUT2D eigenvalue weighted by atomic mass is 32.2. The molecule has 0 aromatic rings. The maximum absolute atomic E-state index is 12.8. The average Bonchev–Trinajstić information content (AvgIpc) is 2.97. The van der Waals surface area contributed by atoms with Crippen LogP contribution < -0.4 is 16.4 Å². The molecule has 0 unspecified atom stereocenters. The zero-order valence-electron chi connectivity index (χ0n) is 13.9. The summed E-state index contributed by atoms with van der Waals surface area (Å²) in [6, 6.07) is -1.84. The van der Waals surface area contributed by atoms with Crippen LogP contribution in [0, 0.1) is 0 Å². The van der Waals surface area contributed by atoms with Gasteiger partial charge >= 0.3 is 5.97 Å². The average molecular weight is 376 g/mol. The van der Waals surface area contributed by atoms with E-state index in [0.717, 1.165) is 0 Å². The van der Waals surface area contributed by atoms with E-state index in [9.17, 15) is 24.3 Å². The number of carbonyl (C=O) groups excluding carboxylic acids is 3. The number of nitrogens with one attached hydrogen (secondary N) is 2. The van der Waals surface area contributed by atoms with Gasteiger partial charge in [-0.1, -0.05) is 0 Å². The number of nitrogens with two attached hydrogens (primary N) is 1. The van der Waals surface area contributed by atoms with E-state index >= 15 is 0 Å². The minimum Gasteiger partial charge on any atom is -0.480 e. The summed E-state index contributed by atoms with van der Waals surface area (Å²) in [5, 5.41) is 23.2. The number of carbonyl (C=O) groups is 4. The number of thioether (sulfide) groups is 1. The number of likely N-dealkylation sites (tertiary alicyclic amines) is 1. The Morgan fingerprint density at radius 1 is 1.36 bits per heavy atom. The van der Waals surface area contributed by atoms with E-state index in [4.69, 9.17) is 10.8 Å². The summed E-state index contributed by atoms with van der Waals surface area (Å²) in [6.45, 7) is -0.903. The first-order valence-corrected chi connectivity index (χ1v) is 9.16. The molecule has 0 radical (unpaired) electrons. The minimum atomic E-state index is -1.21. The fourth-order valence-electron chi connectivity index (χ4n) is 2.53. The van der Waals surface area contributed by atoms with Gasteiger partial charge in [-0.05, 0) is 18.4 Å². The minimum absolute atomic E-state index is 0.0112. The number of amides is 3. The lowest BCUT2D eigenvalue weighted by Gasteiger charge is -2.28. The van der Waals surface area contributed by atoms with Crippen molar-refractivity contribution >= 4 is 35.5 Å². The van der Waals surface area contributed by atoms with Crippen molar-refractivity contribution in [2.75, 3.05) is 31.6 Å². The Kier molecular flexibility index (Phi) is 8.66. The molecule has 0 saturated carbocycles. The lowest BCUT2D eigenvalue weighted by molar-refractivity contribution is -0.142. The van der Waals surface area contributed by atoms with Crippen LogP contribution in [0.4, 0.5) is 0 Å². The molecule has 1 heterocycles. The first-order chi connectivity index (χ1) is 11.8. The number of β-amino-alcohol motifs (C(OH)–C–C–N with tert-alkyl or cyclic N) is 1. The maximum atomic E-state index is 12.8. The molecular weight excluding hydrogens is 352 g/mol. The van der Waals surface area contributed by atoms with Crippen LogP contribution in [0.25, 0.3) is 0 Å². The Hall–Kier alpha value is -1.85. The van der Waals surface area contributed by atoms with Gasteiger partial charge in [-0.25, -0.2) is 0 Å². The van der Waals surface area contributed by atoms with E-state index in [1.54, 1.807) is 0 Å². The van der Waals surface area contributed by atoms with Crippen molar-refractivity contribution in [1.29, 1.82) is 0 Å². The molecule has 1 saturated heterocycles. The number of aliphatic hydroxyl groups excluding tert-OH is 1. The monoisotopic (exact) mass is 376 g/mol. The van der Waals surface area contributed by atoms with Gasteiger partial charge in [-0.15, -0.1) is 0 Å². The quantitative estimate of drug-likeness (QED) is 0.291. The van der Waals surface area contributed by atoms with Crippen molar-refractivity contribution in [1.82, 2.24) is 15.5 Å². The molecule has 0 aromatic heterocycles. The zero-order chi connectivity index (χ0) is 19.0. The smallest absolute Gasteiger partial charge is 0.322 e. The summed E-state index contributed by atoms with van der Waals surface area (Å²) in [5.41, 5.74) is 5.27. The van der Waals surface area contributed by atoms with Crippen molar-refractivity contribution in [3.63, 3.8) is 0 Å². The first-order valence-electron chi connectivity index (χ1n) is 7.76. The molecule has 1 fully saturated rings. The maximum Gasteiger partial charge on any atom is 0.322 e. The van der Waals surface area contributed by atoms with Crippen molar-refractivity contribution < 1.29 is 29.4 Å². The van der Waals surface area contributed by atoms with E-state index in [1.807, 2.05) is 6.26 Å². The van der Waals surface area contributed by atoms with Crippen molar-refractivity contribution in [2.45, 2.75) is 31.0 Å². The number of aliphatic carboxylic acids is 1. The van der Waals surface area contributed by atoms with Gasteiger partial charge in [-0.3, -0.25) is 19.2 Å². The molecule has 1 aliphatic rings. The predicted octanol–water partition coefficient (Wildman–Crippen LogP) is -2.65. The second-order valence-electron chi connectivity index (χ2n) is 5.61. The highest BCUT2D eigenvalue weighted by Crippen LogP contribution is 2.20. The lowest BCUT2D eigenvalue weighted by Crippen LogP contribution is -2.54. The summed E-state index contributed by atoms with van der Waals surface area (Å²) < 4.78 is 0. The van der Waals surface area contributed by atoms with Crippen LogP contribution in [0.15, 0.2) is 0 Å². The summed E-state index contributed by atoms with van der Waals surface area (Å²) in [7, 11) is 0. The van der Waals surface area contributed by atoms with Gasteiger partial charge in [0, 0.05) is 13.0 Å². The molecule has 6 N–H and O–H groups in total. The third-order valence-electron chi connectivity index (χ3n) is 3.71. The Labute approximate surface area is 149 Å². The van der Waals surface area contributed by atoms with E-state index in [2.05, 4.69) is 10.6 Å². The highest BCUT2D eigenvalue weighted by Gasteiger charge is 2.41. The SMILES string of the molecule is CSCC[C@H](NC(=O)CN)C(=O)N1C[C@H](O)C[C@H]1C(=O)NCC(=O)O. The lowest BCUT2D eigenvalue weighted by atomic mass is 10.1. The van der Waals surface area contributed by atoms with Gasteiger partial charge < -0.3 is 31.5 Å². The molecule has 0 aliphatic carbocycles. The summed E-state index contributed by atoms with van der Waals surface area (Å²) in [5.74, 6) is -2.25. The molecule has 3 amide bonds. The second kappa shape index (κ2) is 10.2. The standard InChI is InChI=1S/C14H24N4O6S/c1-25-3-2-9(17-11(20)5-15)14(24)18-7-8(19)4-10(18)13(23)16-6-12(21)22/h8-10,19H,2-7,15H2,1H3,(H,16,23)(H,17,20)(H,21,22)/t8-,9+,10+/m1/s1. The van der Waals surface area contributed by atoms with Gasteiger partial charge in [0.2, 0.25) is 17.7 Å². The van der Waals surface area contributed by atoms with Crippen molar-refractivity contribution in [3.8, 4) is 0 Å². The number of carboxylic acids is 1. The number of carboxylic acid groups (broad SMARTS) is 1. The molecule has 10 nitrogen and oxygen atoms in total. The van der Waals surface area contributed by atoms with E-state index < -0.39 is 48.4 Å². The number of aliphatic hydroxyl groups is 1. The first kappa shape index (κ1) is 21.2. The van der Waals surface area contributed by atoms with Crippen LogP contribution in [-0.2, 0) is 19.2 Å².